The van der Waals surface area contributed by atoms with Crippen molar-refractivity contribution in [1.29, 1.82) is 0 Å². The molecule has 0 bridgehead atoms. The van der Waals surface area contributed by atoms with Crippen LogP contribution in [-0.4, -0.2) is 29.1 Å². The molecule has 5 nitrogen and oxygen atoms in total. The predicted octanol–water partition coefficient (Wildman–Crippen LogP) is 3.25. The molecule has 1 atom stereocenters. The van der Waals surface area contributed by atoms with Crippen molar-refractivity contribution >= 4 is 34.4 Å². The summed E-state index contributed by atoms with van der Waals surface area (Å²) < 4.78 is 10.1. The van der Waals surface area contributed by atoms with Crippen LogP contribution in [0.5, 0.6) is 0 Å². The number of aromatic nitrogens is 1. The molecule has 0 fully saturated rings. The molecule has 0 radical (unpaired) electrons. The van der Waals surface area contributed by atoms with E-state index in [1.54, 1.807) is 26.1 Å². The number of hydrogen-bond donors (Lipinski definition) is 1. The zero-order valence-corrected chi connectivity index (χ0v) is 13.4. The number of fused-ring (bicyclic) bond motifs is 1. The van der Waals surface area contributed by atoms with Crippen molar-refractivity contribution in [1.82, 2.24) is 4.98 Å². The van der Waals surface area contributed by atoms with Gasteiger partial charge in [-0.1, -0.05) is 17.7 Å². The molecule has 6 heteroatoms. The van der Waals surface area contributed by atoms with Gasteiger partial charge in [-0.25, -0.2) is 4.79 Å². The minimum atomic E-state index is -0.935. The minimum absolute atomic E-state index is 0.0308. The quantitative estimate of drug-likeness (QED) is 0.858. The van der Waals surface area contributed by atoms with Crippen LogP contribution < -0.4 is 0 Å². The molecule has 1 aromatic heterocycles. The zero-order valence-electron chi connectivity index (χ0n) is 12.7. The van der Waals surface area contributed by atoms with E-state index in [4.69, 9.17) is 21.1 Å². The van der Waals surface area contributed by atoms with Gasteiger partial charge in [-0.05, 0) is 38.5 Å². The Morgan fingerprint density at radius 1 is 1.23 bits per heavy atom. The monoisotopic (exact) mass is 323 g/mol. The Morgan fingerprint density at radius 2 is 1.95 bits per heavy atom. The second kappa shape index (κ2) is 6.83. The van der Waals surface area contributed by atoms with E-state index in [0.29, 0.717) is 5.02 Å². The largest absolute Gasteiger partial charge is 0.460 e. The van der Waals surface area contributed by atoms with Crippen molar-refractivity contribution in [3.05, 3.63) is 35.0 Å². The molecule has 118 valence electrons. The van der Waals surface area contributed by atoms with E-state index in [2.05, 4.69) is 4.98 Å². The first-order valence-corrected chi connectivity index (χ1v) is 7.40. The lowest BCUT2D eigenvalue weighted by Crippen LogP contribution is -2.28. The first kappa shape index (κ1) is 16.4. The predicted molar refractivity (Wildman–Crippen MR) is 83.8 cm³/mol. The Balaban J connectivity index is 2.04. The fourth-order valence-corrected chi connectivity index (χ4v) is 2.41. The molecule has 22 heavy (non-hydrogen) atoms. The summed E-state index contributed by atoms with van der Waals surface area (Å²) in [5.41, 5.74) is 1.58. The van der Waals surface area contributed by atoms with Gasteiger partial charge in [0.05, 0.1) is 17.5 Å². The zero-order chi connectivity index (χ0) is 16.3. The fraction of sp³-hybridized carbons (Fsp3) is 0.375. The van der Waals surface area contributed by atoms with Crippen LogP contribution in [0.3, 0.4) is 0 Å². The summed E-state index contributed by atoms with van der Waals surface area (Å²) in [5.74, 6) is -1.06. The first-order valence-electron chi connectivity index (χ1n) is 7.03. The number of ether oxygens (including phenoxy) is 2. The second-order valence-corrected chi connectivity index (χ2v) is 5.68. The molecule has 1 N–H and O–H groups in total. The van der Waals surface area contributed by atoms with E-state index in [9.17, 15) is 9.59 Å². The van der Waals surface area contributed by atoms with E-state index in [1.807, 2.05) is 12.1 Å². The number of benzene rings is 1. The average Bonchev–Trinajstić information content (AvgIpc) is 2.82. The highest BCUT2D eigenvalue weighted by Crippen LogP contribution is 2.27. The number of carbonyl (C=O) groups excluding carboxylic acids is 2. The highest BCUT2D eigenvalue weighted by atomic mass is 35.5. The number of esters is 2. The van der Waals surface area contributed by atoms with Crippen LogP contribution in [0.25, 0.3) is 10.9 Å². The maximum atomic E-state index is 12.0. The molecule has 1 heterocycles. The molecule has 0 aliphatic carbocycles. The lowest BCUT2D eigenvalue weighted by Gasteiger charge is -2.14. The third kappa shape index (κ3) is 3.80. The minimum Gasteiger partial charge on any atom is -0.460 e. The Bertz CT molecular complexity index is 693. The van der Waals surface area contributed by atoms with Crippen molar-refractivity contribution in [2.45, 2.75) is 39.4 Å². The van der Waals surface area contributed by atoms with Gasteiger partial charge in [0, 0.05) is 17.1 Å². The van der Waals surface area contributed by atoms with Gasteiger partial charge >= 0.3 is 11.9 Å². The molecule has 0 aliphatic heterocycles. The Morgan fingerprint density at radius 3 is 2.64 bits per heavy atom. The van der Waals surface area contributed by atoms with Crippen molar-refractivity contribution in [3.8, 4) is 0 Å². The molecular formula is C16H18ClNO4. The Hall–Kier alpha value is -2.01. The lowest BCUT2D eigenvalue weighted by molar-refractivity contribution is -0.168. The number of H-pyrrole nitrogens is 1. The molecule has 0 aliphatic rings. The summed E-state index contributed by atoms with van der Waals surface area (Å²) in [4.78, 5) is 26.7. The fourth-order valence-electron chi connectivity index (χ4n) is 2.12. The molecule has 2 rings (SSSR count). The summed E-state index contributed by atoms with van der Waals surface area (Å²) in [6, 6.07) is 5.46. The van der Waals surface area contributed by atoms with Gasteiger partial charge in [0.1, 0.15) is 0 Å². The van der Waals surface area contributed by atoms with Crippen LogP contribution in [0.1, 0.15) is 26.3 Å². The molecule has 2 aromatic rings. The number of nitrogens with one attached hydrogen (secondary N) is 1. The van der Waals surface area contributed by atoms with Crippen LogP contribution in [0, 0.1) is 0 Å². The maximum absolute atomic E-state index is 12.0. The van der Waals surface area contributed by atoms with Crippen LogP contribution in [0.2, 0.25) is 5.02 Å². The Labute approximate surface area is 133 Å². The van der Waals surface area contributed by atoms with E-state index in [1.165, 1.54) is 6.92 Å². The number of aromatic amines is 1. The average molecular weight is 324 g/mol. The van der Waals surface area contributed by atoms with E-state index >= 15 is 0 Å². The van der Waals surface area contributed by atoms with Gasteiger partial charge in [0.2, 0.25) is 0 Å². The van der Waals surface area contributed by atoms with E-state index in [-0.39, 0.29) is 12.5 Å². The van der Waals surface area contributed by atoms with Crippen LogP contribution in [0.4, 0.5) is 0 Å². The first-order chi connectivity index (χ1) is 10.4. The van der Waals surface area contributed by atoms with Gasteiger partial charge in [-0.15, -0.1) is 0 Å². The van der Waals surface area contributed by atoms with E-state index < -0.39 is 18.0 Å². The van der Waals surface area contributed by atoms with Gasteiger partial charge < -0.3 is 14.5 Å². The lowest BCUT2D eigenvalue weighted by atomic mass is 10.1. The smallest absolute Gasteiger partial charge is 0.347 e. The highest BCUT2D eigenvalue weighted by molar-refractivity contribution is 6.35. The number of hydrogen-bond acceptors (Lipinski definition) is 4. The summed E-state index contributed by atoms with van der Waals surface area (Å²) in [5, 5.41) is 1.35. The molecular weight excluding hydrogens is 306 g/mol. The molecule has 0 unspecified atom stereocenters. The maximum Gasteiger partial charge on any atom is 0.347 e. The molecule has 1 aromatic carbocycles. The van der Waals surface area contributed by atoms with E-state index in [0.717, 1.165) is 16.5 Å². The van der Waals surface area contributed by atoms with Crippen LogP contribution in [0.15, 0.2) is 24.4 Å². The summed E-state index contributed by atoms with van der Waals surface area (Å²) >= 11 is 6.15. The van der Waals surface area contributed by atoms with Gasteiger partial charge in [-0.2, -0.15) is 0 Å². The second-order valence-electron chi connectivity index (χ2n) is 5.27. The van der Waals surface area contributed by atoms with Crippen molar-refractivity contribution in [2.24, 2.45) is 0 Å². The summed E-state index contributed by atoms with van der Waals surface area (Å²) in [7, 11) is 0. The standard InChI is InChI=1S/C16H18ClNO4/c1-9(2)21-16(20)10(3)22-14(19)7-11-8-18-13-6-4-5-12(17)15(11)13/h4-6,8-10,18H,7H2,1-3H3/t10-/m0/s1. The molecule has 0 amide bonds. The third-order valence-electron chi connectivity index (χ3n) is 3.06. The highest BCUT2D eigenvalue weighted by Gasteiger charge is 2.21. The van der Waals surface area contributed by atoms with Crippen molar-refractivity contribution in [3.63, 3.8) is 0 Å². The number of rotatable bonds is 5. The van der Waals surface area contributed by atoms with Crippen LogP contribution >= 0.6 is 11.6 Å². The van der Waals surface area contributed by atoms with Gasteiger partial charge in [0.15, 0.2) is 6.10 Å². The van der Waals surface area contributed by atoms with Crippen molar-refractivity contribution in [2.75, 3.05) is 0 Å². The van der Waals surface area contributed by atoms with Crippen molar-refractivity contribution < 1.29 is 19.1 Å². The Kier molecular flexibility index (Phi) is 5.08. The molecule has 0 saturated heterocycles. The van der Waals surface area contributed by atoms with Gasteiger partial charge in [0.25, 0.3) is 0 Å². The third-order valence-corrected chi connectivity index (χ3v) is 3.38. The van der Waals surface area contributed by atoms with Crippen LogP contribution in [-0.2, 0) is 25.5 Å². The van der Waals surface area contributed by atoms with Gasteiger partial charge in [-0.3, -0.25) is 4.79 Å². The summed E-state index contributed by atoms with van der Waals surface area (Å²) in [6.45, 7) is 4.96. The normalized spacial score (nSPS) is 12.4. The molecule has 0 spiro atoms. The number of halogens is 1. The SMILES string of the molecule is CC(C)OC(=O)[C@H](C)OC(=O)Cc1c[nH]c2cccc(Cl)c12. The summed E-state index contributed by atoms with van der Waals surface area (Å²) in [6.07, 6.45) is 0.564. The number of carbonyl (C=O) groups is 2. The molecule has 0 saturated carbocycles. The topological polar surface area (TPSA) is 68.4 Å².